The molecule has 0 aliphatic carbocycles. The van der Waals surface area contributed by atoms with Crippen molar-refractivity contribution in [2.45, 2.75) is 90.5 Å². The first-order valence-electron chi connectivity index (χ1n) is 14.0. The zero-order chi connectivity index (χ0) is 26.1. The number of hydrogen-bond acceptors (Lipinski definition) is 4. The second kappa shape index (κ2) is 19.4. The molecule has 0 unspecified atom stereocenters. The van der Waals surface area contributed by atoms with Crippen LogP contribution in [0.3, 0.4) is 0 Å². The predicted octanol–water partition coefficient (Wildman–Crippen LogP) is 10.2. The number of ether oxygens (including phenoxy) is 1. The molecule has 1 amide bonds. The lowest BCUT2D eigenvalue weighted by molar-refractivity contribution is 0.102. The maximum absolute atomic E-state index is 13.0. The number of hydrogen-bond donors (Lipinski definition) is 1. The van der Waals surface area contributed by atoms with E-state index in [1.807, 2.05) is 18.2 Å². The molecule has 0 radical (unpaired) electrons. The van der Waals surface area contributed by atoms with Crippen molar-refractivity contribution < 1.29 is 9.53 Å². The number of para-hydroxylation sites is 1. The van der Waals surface area contributed by atoms with Crippen LogP contribution in [0.2, 0.25) is 5.02 Å². The zero-order valence-corrected chi connectivity index (χ0v) is 26.0. The van der Waals surface area contributed by atoms with Crippen molar-refractivity contribution in [1.29, 1.82) is 0 Å². The van der Waals surface area contributed by atoms with Gasteiger partial charge in [-0.2, -0.15) is 0 Å². The van der Waals surface area contributed by atoms with Crippen LogP contribution in [-0.4, -0.2) is 23.3 Å². The largest absolute Gasteiger partial charge is 0.492 e. The van der Waals surface area contributed by atoms with Gasteiger partial charge in [0.2, 0.25) is 0 Å². The molecule has 1 N–H and O–H groups in total. The Labute approximate surface area is 249 Å². The van der Waals surface area contributed by atoms with Gasteiger partial charge in [-0.1, -0.05) is 107 Å². The summed E-state index contributed by atoms with van der Waals surface area (Å²) in [5.74, 6) is 1.34. The number of nitrogens with zero attached hydrogens (tertiary/aromatic N) is 1. The highest BCUT2D eigenvalue weighted by Crippen LogP contribution is 2.27. The summed E-state index contributed by atoms with van der Waals surface area (Å²) in [4.78, 5) is 15.2. The van der Waals surface area contributed by atoms with Crippen molar-refractivity contribution in [1.82, 2.24) is 4.90 Å². The average molecular weight is 624 g/mol. The van der Waals surface area contributed by atoms with Crippen LogP contribution in [0.25, 0.3) is 0 Å². The molecule has 3 rings (SSSR count). The number of anilines is 1. The fourth-order valence-electron chi connectivity index (χ4n) is 4.48. The van der Waals surface area contributed by atoms with Crippen LogP contribution < -0.4 is 10.1 Å². The molecule has 0 fully saturated rings. The van der Waals surface area contributed by atoms with Gasteiger partial charge in [-0.05, 0) is 41.7 Å². The second-order valence-electron chi connectivity index (χ2n) is 9.82. The maximum atomic E-state index is 13.0. The Kier molecular flexibility index (Phi) is 16.7. The van der Waals surface area contributed by atoms with E-state index in [4.69, 9.17) is 16.3 Å². The van der Waals surface area contributed by atoms with E-state index in [2.05, 4.69) is 34.8 Å². The van der Waals surface area contributed by atoms with Crippen molar-refractivity contribution in [3.05, 3.63) is 70.2 Å². The van der Waals surface area contributed by atoms with Crippen molar-refractivity contribution in [2.24, 2.45) is 0 Å². The predicted molar refractivity (Wildman–Crippen MR) is 170 cm³/mol. The summed E-state index contributed by atoms with van der Waals surface area (Å²) in [5.41, 5.74) is 2.45. The molecule has 0 bridgehead atoms. The van der Waals surface area contributed by atoms with Crippen LogP contribution in [0.4, 0.5) is 5.69 Å². The summed E-state index contributed by atoms with van der Waals surface area (Å²) in [7, 11) is 0. The first kappa shape index (κ1) is 32.6. The number of thioether (sulfide) groups is 1. The van der Waals surface area contributed by atoms with E-state index in [1.54, 1.807) is 30.0 Å². The van der Waals surface area contributed by atoms with E-state index in [9.17, 15) is 4.79 Å². The Balaban J connectivity index is 0.00000507. The highest BCUT2D eigenvalue weighted by atomic mass is 79.9. The topological polar surface area (TPSA) is 41.6 Å². The lowest BCUT2D eigenvalue weighted by Crippen LogP contribution is -2.17. The van der Waals surface area contributed by atoms with Gasteiger partial charge in [0.1, 0.15) is 5.75 Å². The number of rotatable bonds is 18. The number of halogens is 2. The Bertz CT molecular complexity index is 988. The van der Waals surface area contributed by atoms with Gasteiger partial charge >= 0.3 is 0 Å². The molecule has 2 aromatic rings. The number of nitrogens with one attached hydrogen (secondary N) is 1. The zero-order valence-electron chi connectivity index (χ0n) is 22.8. The van der Waals surface area contributed by atoms with E-state index in [-0.39, 0.29) is 22.9 Å². The molecule has 1 aliphatic rings. The minimum Gasteiger partial charge on any atom is -0.492 e. The first-order chi connectivity index (χ1) is 18.2. The van der Waals surface area contributed by atoms with Crippen molar-refractivity contribution >= 4 is 51.9 Å². The monoisotopic (exact) mass is 622 g/mol. The van der Waals surface area contributed by atoms with E-state index in [0.29, 0.717) is 22.9 Å². The van der Waals surface area contributed by atoms with Gasteiger partial charge in [0.05, 0.1) is 17.5 Å². The molecule has 0 spiro atoms. The van der Waals surface area contributed by atoms with Crippen LogP contribution >= 0.6 is 40.3 Å². The molecule has 38 heavy (non-hydrogen) atoms. The fraction of sp³-hybridized carbons (Fsp3) is 0.516. The summed E-state index contributed by atoms with van der Waals surface area (Å²) >= 11 is 8.13. The molecule has 210 valence electrons. The van der Waals surface area contributed by atoms with Crippen molar-refractivity contribution in [2.75, 3.05) is 17.8 Å². The van der Waals surface area contributed by atoms with Gasteiger partial charge in [0, 0.05) is 24.0 Å². The lowest BCUT2D eigenvalue weighted by atomic mass is 10.1. The van der Waals surface area contributed by atoms with Crippen LogP contribution in [0.5, 0.6) is 5.75 Å². The number of carbonyl (C=O) groups excluding carboxylic acids is 1. The smallest absolute Gasteiger partial charge is 0.255 e. The number of amides is 1. The van der Waals surface area contributed by atoms with Gasteiger partial charge in [-0.15, -0.1) is 28.7 Å². The summed E-state index contributed by atoms with van der Waals surface area (Å²) in [5, 5.41) is 5.70. The molecule has 0 saturated heterocycles. The molecule has 4 nitrogen and oxygen atoms in total. The summed E-state index contributed by atoms with van der Waals surface area (Å²) in [6.07, 6.45) is 17.8. The van der Waals surface area contributed by atoms with Gasteiger partial charge < -0.3 is 15.0 Å². The minimum atomic E-state index is -0.161. The van der Waals surface area contributed by atoms with Crippen LogP contribution in [0.1, 0.15) is 99.9 Å². The quantitative estimate of drug-likeness (QED) is 0.168. The van der Waals surface area contributed by atoms with Crippen LogP contribution in [-0.2, 0) is 6.54 Å². The Morgan fingerprint density at radius 1 is 0.947 bits per heavy atom. The Morgan fingerprint density at radius 3 is 2.26 bits per heavy atom. The van der Waals surface area contributed by atoms with E-state index in [1.165, 1.54) is 64.2 Å². The highest BCUT2D eigenvalue weighted by molar-refractivity contribution is 8.93. The van der Waals surface area contributed by atoms with Gasteiger partial charge in [-0.25, -0.2) is 0 Å². The SMILES string of the molecule is Br.CCCCCCCCCCCCCCOc1cc(C(=O)Nc2ccccc2CN2C=CSC2)ccc1Cl. The third-order valence-electron chi connectivity index (χ3n) is 6.70. The molecule has 1 aliphatic heterocycles. The highest BCUT2D eigenvalue weighted by Gasteiger charge is 2.14. The van der Waals surface area contributed by atoms with Crippen LogP contribution in [0, 0.1) is 0 Å². The molecule has 0 aromatic heterocycles. The number of carbonyl (C=O) groups is 1. The first-order valence-corrected chi connectivity index (χ1v) is 15.4. The van der Waals surface area contributed by atoms with E-state index >= 15 is 0 Å². The molecule has 2 aromatic carbocycles. The second-order valence-corrected chi connectivity index (χ2v) is 11.1. The number of unbranched alkanes of at least 4 members (excludes halogenated alkanes) is 11. The Hall–Kier alpha value is -1.63. The third kappa shape index (κ3) is 12.0. The standard InChI is InChI=1S/C31H43ClN2O2S.BrH/c1-2-3-4-5-6-7-8-9-10-11-12-15-21-36-30-23-26(18-19-28(30)32)31(35)33-29-17-14-13-16-27(29)24-34-20-22-37-25-34;/h13-14,16-20,22-23H,2-12,15,21,24-25H2,1H3,(H,33,35);1H. The van der Waals surface area contributed by atoms with Crippen LogP contribution in [0.15, 0.2) is 54.1 Å². The molecule has 1 heterocycles. The summed E-state index contributed by atoms with van der Waals surface area (Å²) < 4.78 is 5.95. The van der Waals surface area contributed by atoms with Gasteiger partial charge in [-0.3, -0.25) is 4.79 Å². The molecule has 7 heteroatoms. The summed E-state index contributed by atoms with van der Waals surface area (Å²) in [6.45, 7) is 3.64. The molecule has 0 saturated carbocycles. The Morgan fingerprint density at radius 2 is 1.61 bits per heavy atom. The van der Waals surface area contributed by atoms with Gasteiger partial charge in [0.15, 0.2) is 0 Å². The summed E-state index contributed by atoms with van der Waals surface area (Å²) in [6, 6.07) is 13.2. The lowest BCUT2D eigenvalue weighted by Gasteiger charge is -2.18. The van der Waals surface area contributed by atoms with Gasteiger partial charge in [0.25, 0.3) is 5.91 Å². The normalized spacial score (nSPS) is 12.4. The third-order valence-corrected chi connectivity index (χ3v) is 7.80. The minimum absolute atomic E-state index is 0. The number of benzene rings is 2. The molecular formula is C31H44BrClN2O2S. The molecular weight excluding hydrogens is 580 g/mol. The fourth-order valence-corrected chi connectivity index (χ4v) is 5.37. The van der Waals surface area contributed by atoms with Crippen molar-refractivity contribution in [3.8, 4) is 5.75 Å². The van der Waals surface area contributed by atoms with E-state index in [0.717, 1.165) is 36.5 Å². The average Bonchev–Trinajstić information content (AvgIpc) is 3.42. The molecule has 0 atom stereocenters. The van der Waals surface area contributed by atoms with E-state index < -0.39 is 0 Å². The maximum Gasteiger partial charge on any atom is 0.255 e. The van der Waals surface area contributed by atoms with Crippen molar-refractivity contribution in [3.63, 3.8) is 0 Å².